The summed E-state index contributed by atoms with van der Waals surface area (Å²) in [6.07, 6.45) is 0. The number of nitrogens with one attached hydrogen (secondary N) is 1. The molecule has 1 aromatic carbocycles. The molecule has 6 nitrogen and oxygen atoms in total. The second-order valence-electron chi connectivity index (χ2n) is 4.82. The third-order valence-electron chi connectivity index (χ3n) is 3.37. The fourth-order valence-electron chi connectivity index (χ4n) is 2.12. The fourth-order valence-corrected chi connectivity index (χ4v) is 2.12. The summed E-state index contributed by atoms with van der Waals surface area (Å²) in [4.78, 5) is 23.5. The molecule has 0 spiro atoms. The lowest BCUT2D eigenvalue weighted by molar-refractivity contribution is -0.120. The van der Waals surface area contributed by atoms with Crippen LogP contribution >= 0.6 is 0 Å². The maximum atomic E-state index is 12.1. The second kappa shape index (κ2) is 6.02. The van der Waals surface area contributed by atoms with E-state index in [2.05, 4.69) is 10.1 Å². The van der Waals surface area contributed by atoms with Gasteiger partial charge in [0.1, 0.15) is 0 Å². The largest absolute Gasteiger partial charge is 0.465 e. The first-order valence-electron chi connectivity index (χ1n) is 6.36. The molecular formula is C14H18N2O4. The third kappa shape index (κ3) is 2.97. The summed E-state index contributed by atoms with van der Waals surface area (Å²) >= 11 is 0. The summed E-state index contributed by atoms with van der Waals surface area (Å²) in [5, 5.41) is 2.82. The third-order valence-corrected chi connectivity index (χ3v) is 3.37. The van der Waals surface area contributed by atoms with E-state index in [9.17, 15) is 9.59 Å². The summed E-state index contributed by atoms with van der Waals surface area (Å²) in [7, 11) is 1.33. The highest BCUT2D eigenvalue weighted by Crippen LogP contribution is 2.20. The monoisotopic (exact) mass is 278 g/mol. The number of nitrogens with two attached hydrogens (primary N) is 1. The predicted octanol–water partition coefficient (Wildman–Crippen LogP) is 0.694. The maximum Gasteiger partial charge on any atom is 0.337 e. The van der Waals surface area contributed by atoms with Crippen LogP contribution < -0.4 is 11.1 Å². The Hall–Kier alpha value is -1.92. The Labute approximate surface area is 117 Å². The van der Waals surface area contributed by atoms with Gasteiger partial charge in [0.15, 0.2) is 0 Å². The molecular weight excluding hydrogens is 260 g/mol. The van der Waals surface area contributed by atoms with Gasteiger partial charge in [-0.1, -0.05) is 0 Å². The summed E-state index contributed by atoms with van der Waals surface area (Å²) in [5.74, 6) is -0.907. The number of rotatable bonds is 3. The molecule has 0 aliphatic carbocycles. The van der Waals surface area contributed by atoms with Crippen molar-refractivity contribution in [3.8, 4) is 0 Å². The van der Waals surface area contributed by atoms with E-state index in [-0.39, 0.29) is 17.9 Å². The fraction of sp³-hybridized carbons (Fsp3) is 0.429. The maximum absolute atomic E-state index is 12.1. The molecule has 1 aliphatic heterocycles. The molecule has 0 radical (unpaired) electrons. The number of amides is 1. The molecule has 20 heavy (non-hydrogen) atoms. The Morgan fingerprint density at radius 1 is 1.40 bits per heavy atom. The van der Waals surface area contributed by atoms with Gasteiger partial charge in [0, 0.05) is 11.7 Å². The van der Waals surface area contributed by atoms with E-state index in [1.807, 2.05) is 6.92 Å². The molecule has 1 aliphatic rings. The first kappa shape index (κ1) is 14.5. The molecule has 1 fully saturated rings. The van der Waals surface area contributed by atoms with Crippen molar-refractivity contribution < 1.29 is 19.1 Å². The van der Waals surface area contributed by atoms with Crippen LogP contribution in [0.15, 0.2) is 18.2 Å². The van der Waals surface area contributed by atoms with Crippen LogP contribution in [0.3, 0.4) is 0 Å². The average Bonchev–Trinajstić information content (AvgIpc) is 2.86. The van der Waals surface area contributed by atoms with Gasteiger partial charge in [-0.25, -0.2) is 4.79 Å². The van der Waals surface area contributed by atoms with Crippen molar-refractivity contribution in [2.75, 3.05) is 25.6 Å². The predicted molar refractivity (Wildman–Crippen MR) is 73.4 cm³/mol. The number of benzene rings is 1. The van der Waals surface area contributed by atoms with Crippen molar-refractivity contribution in [1.82, 2.24) is 0 Å². The number of hydrogen-bond acceptors (Lipinski definition) is 5. The molecule has 0 saturated carbocycles. The van der Waals surface area contributed by atoms with Crippen molar-refractivity contribution in [3.05, 3.63) is 29.3 Å². The van der Waals surface area contributed by atoms with Gasteiger partial charge in [0.25, 0.3) is 0 Å². The number of esters is 1. The standard InChI is InChI=1S/C14H18N2O4/c1-8-5-9(14(18)19-2)3-4-12(8)16-13(17)10-6-20-7-11(10)15/h3-5,10-11H,6-7,15H2,1-2H3,(H,16,17). The highest BCUT2D eigenvalue weighted by Gasteiger charge is 2.31. The van der Waals surface area contributed by atoms with Gasteiger partial charge < -0.3 is 20.5 Å². The van der Waals surface area contributed by atoms with Crippen LogP contribution in [-0.2, 0) is 14.3 Å². The van der Waals surface area contributed by atoms with E-state index in [1.165, 1.54) is 7.11 Å². The topological polar surface area (TPSA) is 90.6 Å². The number of anilines is 1. The van der Waals surface area contributed by atoms with E-state index in [0.29, 0.717) is 24.5 Å². The highest BCUT2D eigenvalue weighted by molar-refractivity contribution is 5.95. The van der Waals surface area contributed by atoms with Crippen LogP contribution in [-0.4, -0.2) is 38.2 Å². The van der Waals surface area contributed by atoms with Gasteiger partial charge in [0.05, 0.1) is 31.8 Å². The number of methoxy groups -OCH3 is 1. The van der Waals surface area contributed by atoms with Crippen molar-refractivity contribution >= 4 is 17.6 Å². The summed E-state index contributed by atoms with van der Waals surface area (Å²) < 4.78 is 9.82. The zero-order valence-electron chi connectivity index (χ0n) is 11.5. The van der Waals surface area contributed by atoms with Gasteiger partial charge in [-0.15, -0.1) is 0 Å². The van der Waals surface area contributed by atoms with Crippen LogP contribution in [0, 0.1) is 12.8 Å². The molecule has 0 aromatic heterocycles. The van der Waals surface area contributed by atoms with Crippen LogP contribution in [0.25, 0.3) is 0 Å². The number of carbonyl (C=O) groups excluding carboxylic acids is 2. The minimum atomic E-state index is -0.405. The van der Waals surface area contributed by atoms with E-state index < -0.39 is 5.97 Å². The minimum absolute atomic E-state index is 0.163. The van der Waals surface area contributed by atoms with E-state index >= 15 is 0 Å². The quantitative estimate of drug-likeness (QED) is 0.794. The van der Waals surface area contributed by atoms with E-state index in [4.69, 9.17) is 10.5 Å². The minimum Gasteiger partial charge on any atom is -0.465 e. The SMILES string of the molecule is COC(=O)c1ccc(NC(=O)C2COCC2N)c(C)c1. The first-order chi connectivity index (χ1) is 9.52. The molecule has 6 heteroatoms. The second-order valence-corrected chi connectivity index (χ2v) is 4.82. The van der Waals surface area contributed by atoms with Crippen molar-refractivity contribution in [2.24, 2.45) is 11.7 Å². The zero-order valence-corrected chi connectivity index (χ0v) is 11.5. The number of carbonyl (C=O) groups is 2. The Morgan fingerprint density at radius 2 is 2.15 bits per heavy atom. The van der Waals surface area contributed by atoms with Gasteiger partial charge in [-0.2, -0.15) is 0 Å². The summed E-state index contributed by atoms with van der Waals surface area (Å²) in [6, 6.07) is 4.69. The molecule has 1 aromatic rings. The van der Waals surface area contributed by atoms with E-state index in [1.54, 1.807) is 18.2 Å². The smallest absolute Gasteiger partial charge is 0.337 e. The molecule has 2 unspecified atom stereocenters. The van der Waals surface area contributed by atoms with Crippen molar-refractivity contribution in [3.63, 3.8) is 0 Å². The van der Waals surface area contributed by atoms with Gasteiger partial charge in [0.2, 0.25) is 5.91 Å². The normalized spacial score (nSPS) is 21.6. The lowest BCUT2D eigenvalue weighted by Crippen LogP contribution is -2.37. The number of hydrogen-bond donors (Lipinski definition) is 2. The summed E-state index contributed by atoms with van der Waals surface area (Å²) in [5.41, 5.74) is 7.69. The molecule has 2 atom stereocenters. The van der Waals surface area contributed by atoms with Gasteiger partial charge in [-0.05, 0) is 30.7 Å². The highest BCUT2D eigenvalue weighted by atomic mass is 16.5. The van der Waals surface area contributed by atoms with Crippen molar-refractivity contribution in [1.29, 1.82) is 0 Å². The van der Waals surface area contributed by atoms with Gasteiger partial charge >= 0.3 is 5.97 Å². The number of aryl methyl sites for hydroxylation is 1. The lowest BCUT2D eigenvalue weighted by atomic mass is 10.0. The Balaban J connectivity index is 2.10. The molecule has 108 valence electrons. The molecule has 3 N–H and O–H groups in total. The molecule has 2 rings (SSSR count). The van der Waals surface area contributed by atoms with Gasteiger partial charge in [-0.3, -0.25) is 4.79 Å². The summed E-state index contributed by atoms with van der Waals surface area (Å²) in [6.45, 7) is 2.55. The van der Waals surface area contributed by atoms with Crippen LogP contribution in [0.2, 0.25) is 0 Å². The molecule has 1 saturated heterocycles. The number of ether oxygens (including phenoxy) is 2. The van der Waals surface area contributed by atoms with Crippen LogP contribution in [0.5, 0.6) is 0 Å². The van der Waals surface area contributed by atoms with Crippen molar-refractivity contribution in [2.45, 2.75) is 13.0 Å². The molecule has 1 heterocycles. The lowest BCUT2D eigenvalue weighted by Gasteiger charge is -2.15. The Kier molecular flexibility index (Phi) is 4.36. The Morgan fingerprint density at radius 3 is 2.70 bits per heavy atom. The molecule has 0 bridgehead atoms. The zero-order chi connectivity index (χ0) is 14.7. The Bertz CT molecular complexity index is 530. The van der Waals surface area contributed by atoms with E-state index in [0.717, 1.165) is 5.56 Å². The van der Waals surface area contributed by atoms with Crippen LogP contribution in [0.1, 0.15) is 15.9 Å². The first-order valence-corrected chi connectivity index (χ1v) is 6.36. The molecule has 1 amide bonds. The van der Waals surface area contributed by atoms with Crippen LogP contribution in [0.4, 0.5) is 5.69 Å². The average molecular weight is 278 g/mol.